The van der Waals surface area contributed by atoms with E-state index in [2.05, 4.69) is 38.9 Å². The predicted octanol–water partition coefficient (Wildman–Crippen LogP) is 3.36. The van der Waals surface area contributed by atoms with Gasteiger partial charge < -0.3 is 10.1 Å². The number of terminal acetylenes is 1. The number of unbranched alkanes of at least 4 members (excludes halogenated alkanes) is 1. The monoisotopic (exact) mass is 239 g/mol. The van der Waals surface area contributed by atoms with Crippen LogP contribution in [-0.2, 0) is 4.74 Å². The number of ether oxygens (including phenoxy) is 1. The average Bonchev–Trinajstić information content (AvgIpc) is 2.33. The Morgan fingerprint density at radius 3 is 2.53 bits per heavy atom. The highest BCUT2D eigenvalue weighted by molar-refractivity contribution is 4.90. The van der Waals surface area contributed by atoms with E-state index in [1.54, 1.807) is 0 Å². The zero-order valence-corrected chi connectivity index (χ0v) is 12.0. The standard InChI is InChI=1S/C15H29NO/c1-6-10-11-12-14(16-13-7-2)15(5,8-3)17-9-4/h1,14,16H,7-13H2,2-5H3. The fraction of sp³-hybridized carbons (Fsp3) is 0.867. The molecule has 0 spiro atoms. The molecular weight excluding hydrogens is 210 g/mol. The normalized spacial score (nSPS) is 16.2. The molecule has 0 heterocycles. The first-order valence-electron chi connectivity index (χ1n) is 6.95. The lowest BCUT2D eigenvalue weighted by Crippen LogP contribution is -2.50. The van der Waals surface area contributed by atoms with Gasteiger partial charge in [0.2, 0.25) is 0 Å². The van der Waals surface area contributed by atoms with Gasteiger partial charge in [0.15, 0.2) is 0 Å². The van der Waals surface area contributed by atoms with Crippen LogP contribution in [0, 0.1) is 12.3 Å². The van der Waals surface area contributed by atoms with Crippen LogP contribution in [0.25, 0.3) is 0 Å². The minimum absolute atomic E-state index is 0.0709. The van der Waals surface area contributed by atoms with Crippen molar-refractivity contribution in [1.29, 1.82) is 0 Å². The maximum Gasteiger partial charge on any atom is 0.0803 e. The Balaban J connectivity index is 4.44. The molecule has 0 aromatic heterocycles. The second-order valence-electron chi connectivity index (χ2n) is 4.70. The van der Waals surface area contributed by atoms with Gasteiger partial charge in [-0.1, -0.05) is 13.8 Å². The van der Waals surface area contributed by atoms with Crippen molar-refractivity contribution in [1.82, 2.24) is 5.32 Å². The lowest BCUT2D eigenvalue weighted by molar-refractivity contribution is -0.0572. The molecule has 0 aliphatic rings. The molecule has 0 radical (unpaired) electrons. The van der Waals surface area contributed by atoms with E-state index in [1.165, 1.54) is 0 Å². The second kappa shape index (κ2) is 9.50. The molecule has 0 aromatic rings. The van der Waals surface area contributed by atoms with Crippen molar-refractivity contribution in [2.45, 2.75) is 71.4 Å². The van der Waals surface area contributed by atoms with E-state index in [0.29, 0.717) is 6.04 Å². The molecular formula is C15H29NO. The number of nitrogens with one attached hydrogen (secondary N) is 1. The summed E-state index contributed by atoms with van der Waals surface area (Å²) >= 11 is 0. The maximum atomic E-state index is 5.95. The van der Waals surface area contributed by atoms with Gasteiger partial charge in [0, 0.05) is 19.1 Å². The minimum Gasteiger partial charge on any atom is -0.374 e. The molecule has 0 aliphatic carbocycles. The molecule has 0 rings (SSSR count). The van der Waals surface area contributed by atoms with Crippen LogP contribution >= 0.6 is 0 Å². The summed E-state index contributed by atoms with van der Waals surface area (Å²) in [6.07, 6.45) is 10.5. The fourth-order valence-electron chi connectivity index (χ4n) is 2.13. The van der Waals surface area contributed by atoms with Crippen LogP contribution in [0.5, 0.6) is 0 Å². The van der Waals surface area contributed by atoms with E-state index in [4.69, 9.17) is 11.2 Å². The molecule has 0 saturated heterocycles. The lowest BCUT2D eigenvalue weighted by atomic mass is 9.89. The zero-order chi connectivity index (χ0) is 13.1. The average molecular weight is 239 g/mol. The van der Waals surface area contributed by atoms with Gasteiger partial charge in [-0.25, -0.2) is 0 Å². The smallest absolute Gasteiger partial charge is 0.0803 e. The van der Waals surface area contributed by atoms with Crippen LogP contribution in [0.1, 0.15) is 59.8 Å². The molecule has 0 fully saturated rings. The van der Waals surface area contributed by atoms with Gasteiger partial charge in [-0.05, 0) is 46.1 Å². The van der Waals surface area contributed by atoms with E-state index < -0.39 is 0 Å². The summed E-state index contributed by atoms with van der Waals surface area (Å²) in [7, 11) is 0. The summed E-state index contributed by atoms with van der Waals surface area (Å²) in [5.74, 6) is 2.71. The SMILES string of the molecule is C#CCCCC(NCCC)C(C)(CC)OCC. The first-order valence-corrected chi connectivity index (χ1v) is 6.95. The first kappa shape index (κ1) is 16.5. The van der Waals surface area contributed by atoms with Gasteiger partial charge in [0.05, 0.1) is 5.60 Å². The third-order valence-corrected chi connectivity index (χ3v) is 3.37. The molecule has 0 bridgehead atoms. The highest BCUT2D eigenvalue weighted by Crippen LogP contribution is 2.24. The largest absolute Gasteiger partial charge is 0.374 e. The number of rotatable bonds is 10. The van der Waals surface area contributed by atoms with Crippen LogP contribution in [-0.4, -0.2) is 24.8 Å². The second-order valence-corrected chi connectivity index (χ2v) is 4.70. The van der Waals surface area contributed by atoms with Crippen LogP contribution in [0.2, 0.25) is 0 Å². The molecule has 0 aromatic carbocycles. The molecule has 2 unspecified atom stereocenters. The fourth-order valence-corrected chi connectivity index (χ4v) is 2.13. The number of hydrogen-bond acceptors (Lipinski definition) is 2. The summed E-state index contributed by atoms with van der Waals surface area (Å²) in [5.41, 5.74) is -0.0709. The van der Waals surface area contributed by atoms with Crippen molar-refractivity contribution < 1.29 is 4.74 Å². The molecule has 0 aliphatic heterocycles. The Hall–Kier alpha value is -0.520. The zero-order valence-electron chi connectivity index (χ0n) is 12.0. The van der Waals surface area contributed by atoms with Crippen molar-refractivity contribution >= 4 is 0 Å². The van der Waals surface area contributed by atoms with Gasteiger partial charge in [-0.3, -0.25) is 0 Å². The topological polar surface area (TPSA) is 21.3 Å². The molecule has 17 heavy (non-hydrogen) atoms. The Morgan fingerprint density at radius 2 is 2.06 bits per heavy atom. The van der Waals surface area contributed by atoms with Gasteiger partial charge in [0.1, 0.15) is 0 Å². The quantitative estimate of drug-likeness (QED) is 0.466. The molecule has 2 nitrogen and oxygen atoms in total. The van der Waals surface area contributed by atoms with E-state index >= 15 is 0 Å². The Labute approximate surface area is 108 Å². The van der Waals surface area contributed by atoms with Crippen LogP contribution in [0.15, 0.2) is 0 Å². The summed E-state index contributed by atoms with van der Waals surface area (Å²) in [4.78, 5) is 0. The first-order chi connectivity index (χ1) is 8.14. The number of hydrogen-bond donors (Lipinski definition) is 1. The molecule has 100 valence electrons. The highest BCUT2D eigenvalue weighted by atomic mass is 16.5. The van der Waals surface area contributed by atoms with Crippen molar-refractivity contribution in [2.24, 2.45) is 0 Å². The van der Waals surface area contributed by atoms with Crippen LogP contribution in [0.4, 0.5) is 0 Å². The minimum atomic E-state index is -0.0709. The Morgan fingerprint density at radius 1 is 1.35 bits per heavy atom. The van der Waals surface area contributed by atoms with Gasteiger partial charge in [0.25, 0.3) is 0 Å². The van der Waals surface area contributed by atoms with Crippen LogP contribution < -0.4 is 5.32 Å². The summed E-state index contributed by atoms with van der Waals surface area (Å²) in [6, 6.07) is 0.403. The molecule has 2 atom stereocenters. The van der Waals surface area contributed by atoms with Gasteiger partial charge in [-0.2, -0.15) is 0 Å². The highest BCUT2D eigenvalue weighted by Gasteiger charge is 2.32. The molecule has 2 heteroatoms. The summed E-state index contributed by atoms with van der Waals surface area (Å²) < 4.78 is 5.95. The maximum absolute atomic E-state index is 5.95. The lowest BCUT2D eigenvalue weighted by Gasteiger charge is -2.37. The van der Waals surface area contributed by atoms with Crippen molar-refractivity contribution in [3.05, 3.63) is 0 Å². The van der Waals surface area contributed by atoms with Crippen molar-refractivity contribution in [3.63, 3.8) is 0 Å². The van der Waals surface area contributed by atoms with E-state index in [-0.39, 0.29) is 5.60 Å². The van der Waals surface area contributed by atoms with Crippen molar-refractivity contribution in [2.75, 3.05) is 13.2 Å². The van der Waals surface area contributed by atoms with Crippen molar-refractivity contribution in [3.8, 4) is 12.3 Å². The van der Waals surface area contributed by atoms with Crippen LogP contribution in [0.3, 0.4) is 0 Å². The third kappa shape index (κ3) is 6.10. The Bertz CT molecular complexity index is 221. The predicted molar refractivity (Wildman–Crippen MR) is 75.1 cm³/mol. The van der Waals surface area contributed by atoms with Gasteiger partial charge >= 0.3 is 0 Å². The van der Waals surface area contributed by atoms with Gasteiger partial charge in [-0.15, -0.1) is 12.3 Å². The molecule has 1 N–H and O–H groups in total. The van der Waals surface area contributed by atoms with E-state index in [0.717, 1.165) is 45.3 Å². The summed E-state index contributed by atoms with van der Waals surface area (Å²) in [5, 5.41) is 3.61. The Kier molecular flexibility index (Phi) is 9.21. The van der Waals surface area contributed by atoms with E-state index in [1.807, 2.05) is 0 Å². The summed E-state index contributed by atoms with van der Waals surface area (Å²) in [6.45, 7) is 10.5. The molecule has 0 saturated carbocycles. The third-order valence-electron chi connectivity index (χ3n) is 3.37. The van der Waals surface area contributed by atoms with E-state index in [9.17, 15) is 0 Å². The molecule has 0 amide bonds.